The van der Waals surface area contributed by atoms with E-state index in [0.717, 1.165) is 11.3 Å². The van der Waals surface area contributed by atoms with Gasteiger partial charge in [-0.2, -0.15) is 0 Å². The van der Waals surface area contributed by atoms with Gasteiger partial charge in [0, 0.05) is 17.2 Å². The highest BCUT2D eigenvalue weighted by molar-refractivity contribution is 5.78. The molecule has 0 fully saturated rings. The lowest BCUT2D eigenvalue weighted by atomic mass is 9.84. The Morgan fingerprint density at radius 2 is 2.00 bits per heavy atom. The minimum Gasteiger partial charge on any atom is -0.496 e. The zero-order valence-corrected chi connectivity index (χ0v) is 15.4. The number of aliphatic hydroxyl groups excluding tert-OH is 1. The van der Waals surface area contributed by atoms with Crippen molar-refractivity contribution < 1.29 is 19.0 Å². The quantitative estimate of drug-likeness (QED) is 0.824. The van der Waals surface area contributed by atoms with E-state index >= 15 is 0 Å². The molecule has 0 radical (unpaired) electrons. The molecule has 0 spiro atoms. The maximum atomic E-state index is 14.1. The van der Waals surface area contributed by atoms with Gasteiger partial charge in [-0.25, -0.2) is 4.39 Å². The summed E-state index contributed by atoms with van der Waals surface area (Å²) in [4.78, 5) is 0. The lowest BCUT2D eigenvalue weighted by Crippen LogP contribution is -2.35. The third-order valence-electron chi connectivity index (χ3n) is 4.47. The smallest absolute Gasteiger partial charge is 0.131 e. The summed E-state index contributed by atoms with van der Waals surface area (Å²) in [6, 6.07) is 3.69. The van der Waals surface area contributed by atoms with Crippen LogP contribution >= 0.6 is 0 Å². The predicted molar refractivity (Wildman–Crippen MR) is 95.9 cm³/mol. The normalized spacial score (nSPS) is 17.0. The van der Waals surface area contributed by atoms with E-state index in [1.807, 2.05) is 26.8 Å². The fraction of sp³-hybridized carbons (Fsp3) is 0.500. The molecule has 4 heteroatoms. The van der Waals surface area contributed by atoms with E-state index in [9.17, 15) is 9.50 Å². The van der Waals surface area contributed by atoms with Crippen molar-refractivity contribution in [3.8, 4) is 11.5 Å². The summed E-state index contributed by atoms with van der Waals surface area (Å²) in [6.07, 6.45) is 2.59. The molecule has 132 valence electrons. The standard InChI is InChI=1S/C20H27FO3/c1-7-14(17(21)11-22)15-8-13-9-16(12(2)3)20(4,5)24-18(13)10-19(15)23-6/h8-10,12,22H,7,11H2,1-6H3/b17-14+. The average molecular weight is 334 g/mol. The second-order valence-electron chi connectivity index (χ2n) is 6.85. The van der Waals surface area contributed by atoms with Gasteiger partial charge in [-0.1, -0.05) is 20.8 Å². The van der Waals surface area contributed by atoms with Gasteiger partial charge in [-0.15, -0.1) is 0 Å². The van der Waals surface area contributed by atoms with Gasteiger partial charge in [0.2, 0.25) is 0 Å². The molecule has 3 nitrogen and oxygen atoms in total. The van der Waals surface area contributed by atoms with Crippen LogP contribution in [0, 0.1) is 5.92 Å². The minimum atomic E-state index is -0.611. The highest BCUT2D eigenvalue weighted by Crippen LogP contribution is 2.43. The average Bonchev–Trinajstić information content (AvgIpc) is 2.53. The van der Waals surface area contributed by atoms with Gasteiger partial charge in [0.1, 0.15) is 22.9 Å². The van der Waals surface area contributed by atoms with Gasteiger partial charge < -0.3 is 14.6 Å². The zero-order valence-electron chi connectivity index (χ0n) is 15.4. The van der Waals surface area contributed by atoms with E-state index in [4.69, 9.17) is 9.47 Å². The van der Waals surface area contributed by atoms with Crippen LogP contribution in [0.15, 0.2) is 23.5 Å². The van der Waals surface area contributed by atoms with Crippen LogP contribution in [0.25, 0.3) is 11.6 Å². The number of aliphatic hydroxyl groups is 1. The van der Waals surface area contributed by atoms with E-state index in [0.29, 0.717) is 29.2 Å². The first-order valence-electron chi connectivity index (χ1n) is 8.37. The van der Waals surface area contributed by atoms with Gasteiger partial charge in [0.05, 0.1) is 13.7 Å². The number of rotatable bonds is 5. The van der Waals surface area contributed by atoms with Crippen LogP contribution in [-0.2, 0) is 0 Å². The van der Waals surface area contributed by atoms with E-state index in [-0.39, 0.29) is 0 Å². The lowest BCUT2D eigenvalue weighted by Gasteiger charge is -2.36. The summed E-state index contributed by atoms with van der Waals surface area (Å²) in [6.45, 7) is 9.61. The van der Waals surface area contributed by atoms with Crippen LogP contribution in [0.1, 0.15) is 52.2 Å². The maximum Gasteiger partial charge on any atom is 0.131 e. The van der Waals surface area contributed by atoms with Crippen LogP contribution in [-0.4, -0.2) is 24.4 Å². The number of fused-ring (bicyclic) bond motifs is 1. The second kappa shape index (κ2) is 6.98. The number of benzene rings is 1. The number of hydrogen-bond donors (Lipinski definition) is 1. The van der Waals surface area contributed by atoms with Crippen LogP contribution in [0.3, 0.4) is 0 Å². The highest BCUT2D eigenvalue weighted by Gasteiger charge is 2.32. The first-order valence-corrected chi connectivity index (χ1v) is 8.37. The topological polar surface area (TPSA) is 38.7 Å². The van der Waals surface area contributed by atoms with E-state index in [1.165, 1.54) is 5.57 Å². The molecule has 0 aliphatic carbocycles. The molecule has 0 aromatic heterocycles. The molecule has 1 aliphatic rings. The van der Waals surface area contributed by atoms with Crippen molar-refractivity contribution in [3.63, 3.8) is 0 Å². The molecule has 0 atom stereocenters. The van der Waals surface area contributed by atoms with Crippen molar-refractivity contribution >= 4 is 11.6 Å². The predicted octanol–water partition coefficient (Wildman–Crippen LogP) is 4.99. The molecule has 0 unspecified atom stereocenters. The Hall–Kier alpha value is -1.81. The fourth-order valence-corrected chi connectivity index (χ4v) is 3.34. The molecule has 1 aliphatic heterocycles. The largest absolute Gasteiger partial charge is 0.496 e. The summed E-state index contributed by atoms with van der Waals surface area (Å²) in [5.74, 6) is 1.09. The van der Waals surface area contributed by atoms with Crippen LogP contribution in [0.5, 0.6) is 11.5 Å². The number of methoxy groups -OCH3 is 1. The molecule has 0 amide bonds. The van der Waals surface area contributed by atoms with Gasteiger partial charge in [0.15, 0.2) is 0 Å². The summed E-state index contributed by atoms with van der Waals surface area (Å²) >= 11 is 0. The number of hydrogen-bond acceptors (Lipinski definition) is 3. The van der Waals surface area contributed by atoms with Gasteiger partial charge in [-0.3, -0.25) is 0 Å². The summed E-state index contributed by atoms with van der Waals surface area (Å²) in [5.41, 5.74) is 2.82. The summed E-state index contributed by atoms with van der Waals surface area (Å²) in [7, 11) is 1.55. The Balaban J connectivity index is 2.68. The Bertz CT molecular complexity index is 684. The summed E-state index contributed by atoms with van der Waals surface area (Å²) in [5, 5.41) is 9.17. The molecule has 2 rings (SSSR count). The zero-order chi connectivity index (χ0) is 18.1. The van der Waals surface area contributed by atoms with E-state index in [2.05, 4.69) is 19.9 Å². The van der Waals surface area contributed by atoms with Crippen LogP contribution < -0.4 is 9.47 Å². The monoisotopic (exact) mass is 334 g/mol. The van der Waals surface area contributed by atoms with E-state index < -0.39 is 18.0 Å². The Morgan fingerprint density at radius 1 is 1.33 bits per heavy atom. The number of allylic oxidation sites excluding steroid dienone is 1. The number of halogens is 1. The maximum absolute atomic E-state index is 14.1. The third-order valence-corrected chi connectivity index (χ3v) is 4.47. The highest BCUT2D eigenvalue weighted by atomic mass is 19.1. The van der Waals surface area contributed by atoms with Crippen LogP contribution in [0.4, 0.5) is 4.39 Å². The Morgan fingerprint density at radius 3 is 2.50 bits per heavy atom. The molecule has 1 heterocycles. The molecular formula is C20H27FO3. The molecular weight excluding hydrogens is 307 g/mol. The van der Waals surface area contributed by atoms with Crippen molar-refractivity contribution in [1.82, 2.24) is 0 Å². The lowest BCUT2D eigenvalue weighted by molar-refractivity contribution is 0.134. The Labute approximate surface area is 143 Å². The van der Waals surface area contributed by atoms with Crippen molar-refractivity contribution in [2.75, 3.05) is 13.7 Å². The molecule has 0 saturated heterocycles. The SMILES string of the molecule is CC/C(=C(\F)CO)c1cc2c(cc1OC)OC(C)(C)C(C(C)C)=C2. The molecule has 1 N–H and O–H groups in total. The molecule has 0 bridgehead atoms. The minimum absolute atomic E-state index is 0.342. The molecule has 1 aromatic carbocycles. The fourth-order valence-electron chi connectivity index (χ4n) is 3.34. The second-order valence-corrected chi connectivity index (χ2v) is 6.85. The van der Waals surface area contributed by atoms with Gasteiger partial charge in [-0.05, 0) is 49.5 Å². The molecule has 1 aromatic rings. The molecule has 0 saturated carbocycles. The first-order chi connectivity index (χ1) is 11.2. The summed E-state index contributed by atoms with van der Waals surface area (Å²) < 4.78 is 25.7. The van der Waals surface area contributed by atoms with Crippen molar-refractivity contribution in [1.29, 1.82) is 0 Å². The van der Waals surface area contributed by atoms with Crippen molar-refractivity contribution in [3.05, 3.63) is 34.7 Å². The van der Waals surface area contributed by atoms with Gasteiger partial charge in [0.25, 0.3) is 0 Å². The third kappa shape index (κ3) is 3.34. The van der Waals surface area contributed by atoms with Crippen LogP contribution in [0.2, 0.25) is 0 Å². The number of ether oxygens (including phenoxy) is 2. The van der Waals surface area contributed by atoms with E-state index in [1.54, 1.807) is 13.2 Å². The van der Waals surface area contributed by atoms with Gasteiger partial charge >= 0.3 is 0 Å². The molecule has 24 heavy (non-hydrogen) atoms. The van der Waals surface area contributed by atoms with Crippen molar-refractivity contribution in [2.45, 2.75) is 46.6 Å². The Kier molecular flexibility index (Phi) is 5.38. The first kappa shape index (κ1) is 18.5. The van der Waals surface area contributed by atoms with Crippen molar-refractivity contribution in [2.24, 2.45) is 5.92 Å².